The molecular formula is C13H16F3N5OS. The lowest BCUT2D eigenvalue weighted by atomic mass is 10.1. The fourth-order valence-corrected chi connectivity index (χ4v) is 2.57. The van der Waals surface area contributed by atoms with Crippen molar-refractivity contribution in [1.29, 1.82) is 0 Å². The number of halogens is 3. The average Bonchev–Trinajstić information content (AvgIpc) is 2.92. The van der Waals surface area contributed by atoms with Crippen molar-refractivity contribution in [1.82, 2.24) is 25.2 Å². The van der Waals surface area contributed by atoms with Gasteiger partial charge in [0.05, 0.1) is 5.54 Å². The quantitative estimate of drug-likeness (QED) is 0.775. The molecule has 6 nitrogen and oxygen atoms in total. The van der Waals surface area contributed by atoms with Gasteiger partial charge in [-0.3, -0.25) is 0 Å². The highest BCUT2D eigenvalue weighted by Gasteiger charge is 2.28. The number of hydrogen-bond donors (Lipinski definition) is 0. The van der Waals surface area contributed by atoms with E-state index in [1.807, 2.05) is 20.8 Å². The minimum atomic E-state index is -4.37. The Bertz CT molecular complexity index is 636. The van der Waals surface area contributed by atoms with Crippen LogP contribution >= 0.6 is 11.8 Å². The monoisotopic (exact) mass is 347 g/mol. The smallest absolute Gasteiger partial charge is 0.422 e. The van der Waals surface area contributed by atoms with Gasteiger partial charge >= 0.3 is 6.18 Å². The minimum absolute atomic E-state index is 0.0596. The van der Waals surface area contributed by atoms with E-state index >= 15 is 0 Å². The highest BCUT2D eigenvalue weighted by atomic mass is 32.2. The molecule has 0 unspecified atom stereocenters. The number of tetrazole rings is 1. The molecule has 0 aliphatic carbocycles. The first-order valence-corrected chi connectivity index (χ1v) is 7.70. The molecule has 0 bridgehead atoms. The highest BCUT2D eigenvalue weighted by molar-refractivity contribution is 7.98. The summed E-state index contributed by atoms with van der Waals surface area (Å²) in [4.78, 5) is 3.86. The van der Waals surface area contributed by atoms with Gasteiger partial charge in [0.1, 0.15) is 0 Å². The number of aromatic nitrogens is 5. The standard InChI is InChI=1S/C13H16F3N5OS/c1-12(2,3)21-11(18-19-20-21)23-7-9-4-5-10(17-6-9)22-8-13(14,15)16/h4-6H,7-8H2,1-3H3. The average molecular weight is 347 g/mol. The third-order valence-electron chi connectivity index (χ3n) is 2.63. The minimum Gasteiger partial charge on any atom is -0.468 e. The van der Waals surface area contributed by atoms with Crippen LogP contribution < -0.4 is 4.74 Å². The van der Waals surface area contributed by atoms with E-state index in [9.17, 15) is 13.2 Å². The summed E-state index contributed by atoms with van der Waals surface area (Å²) in [6.07, 6.45) is -2.90. The van der Waals surface area contributed by atoms with Gasteiger partial charge in [-0.1, -0.05) is 17.8 Å². The van der Waals surface area contributed by atoms with Gasteiger partial charge in [-0.05, 0) is 36.8 Å². The SMILES string of the molecule is CC(C)(C)n1nnnc1SCc1ccc(OCC(F)(F)F)nc1. The van der Waals surface area contributed by atoms with E-state index in [4.69, 9.17) is 0 Å². The molecule has 0 amide bonds. The molecule has 0 radical (unpaired) electrons. The van der Waals surface area contributed by atoms with Crippen LogP contribution in [0.25, 0.3) is 0 Å². The lowest BCUT2D eigenvalue weighted by Gasteiger charge is -2.19. The van der Waals surface area contributed by atoms with Gasteiger partial charge in [-0.15, -0.1) is 5.10 Å². The third kappa shape index (κ3) is 5.38. The molecule has 0 aliphatic rings. The molecule has 0 fully saturated rings. The maximum Gasteiger partial charge on any atom is 0.422 e. The number of nitrogens with zero attached hydrogens (tertiary/aromatic N) is 5. The number of ether oxygens (including phenoxy) is 1. The second-order valence-electron chi connectivity index (χ2n) is 5.74. The summed E-state index contributed by atoms with van der Waals surface area (Å²) in [5.74, 6) is 0.485. The molecule has 0 atom stereocenters. The summed E-state index contributed by atoms with van der Waals surface area (Å²) in [5.41, 5.74) is 0.595. The van der Waals surface area contributed by atoms with Gasteiger partial charge in [0.15, 0.2) is 6.61 Å². The van der Waals surface area contributed by atoms with E-state index in [1.54, 1.807) is 10.7 Å². The molecule has 2 heterocycles. The summed E-state index contributed by atoms with van der Waals surface area (Å²) in [7, 11) is 0. The van der Waals surface area contributed by atoms with Crippen LogP contribution in [-0.2, 0) is 11.3 Å². The van der Waals surface area contributed by atoms with Crippen molar-refractivity contribution >= 4 is 11.8 Å². The fraction of sp³-hybridized carbons (Fsp3) is 0.538. The van der Waals surface area contributed by atoms with Crippen molar-refractivity contribution in [3.8, 4) is 5.88 Å². The van der Waals surface area contributed by atoms with Crippen LogP contribution in [-0.4, -0.2) is 38.0 Å². The van der Waals surface area contributed by atoms with Crippen molar-refractivity contribution in [2.24, 2.45) is 0 Å². The van der Waals surface area contributed by atoms with Gasteiger partial charge < -0.3 is 4.74 Å². The Morgan fingerprint density at radius 2 is 1.96 bits per heavy atom. The Morgan fingerprint density at radius 3 is 2.52 bits per heavy atom. The second-order valence-corrected chi connectivity index (χ2v) is 6.68. The molecule has 126 valence electrons. The lowest BCUT2D eigenvalue weighted by molar-refractivity contribution is -0.154. The summed E-state index contributed by atoms with van der Waals surface area (Å²) in [6, 6.07) is 3.07. The zero-order valence-corrected chi connectivity index (χ0v) is 13.6. The Labute approximate surface area is 135 Å². The van der Waals surface area contributed by atoms with Gasteiger partial charge in [-0.2, -0.15) is 13.2 Å². The lowest BCUT2D eigenvalue weighted by Crippen LogP contribution is -2.24. The molecule has 10 heteroatoms. The van der Waals surface area contributed by atoms with E-state index in [0.717, 1.165) is 5.56 Å². The Morgan fingerprint density at radius 1 is 1.22 bits per heavy atom. The molecule has 0 saturated carbocycles. The molecule has 0 spiro atoms. The van der Waals surface area contributed by atoms with E-state index < -0.39 is 12.8 Å². The number of pyridine rings is 1. The number of alkyl halides is 3. The Balaban J connectivity index is 1.93. The van der Waals surface area contributed by atoms with Crippen molar-refractivity contribution in [2.45, 2.75) is 43.4 Å². The summed E-state index contributed by atoms with van der Waals surface area (Å²) >= 11 is 1.42. The van der Waals surface area contributed by atoms with Crippen LogP contribution in [0.4, 0.5) is 13.2 Å². The van der Waals surface area contributed by atoms with Crippen LogP contribution in [0.5, 0.6) is 5.88 Å². The topological polar surface area (TPSA) is 65.7 Å². The second kappa shape index (κ2) is 6.73. The first-order chi connectivity index (χ1) is 10.6. The Kier molecular flexibility index (Phi) is 5.12. The summed E-state index contributed by atoms with van der Waals surface area (Å²) < 4.78 is 42.4. The number of hydrogen-bond acceptors (Lipinski definition) is 6. The van der Waals surface area contributed by atoms with Crippen molar-refractivity contribution in [3.63, 3.8) is 0 Å². The molecule has 23 heavy (non-hydrogen) atoms. The first-order valence-electron chi connectivity index (χ1n) is 6.71. The molecule has 0 saturated heterocycles. The highest BCUT2D eigenvalue weighted by Crippen LogP contribution is 2.25. The van der Waals surface area contributed by atoms with Crippen LogP contribution in [0.15, 0.2) is 23.5 Å². The largest absolute Gasteiger partial charge is 0.468 e. The zero-order valence-electron chi connectivity index (χ0n) is 12.8. The predicted molar refractivity (Wildman–Crippen MR) is 78.2 cm³/mol. The van der Waals surface area contributed by atoms with Crippen LogP contribution in [0.2, 0.25) is 0 Å². The molecule has 0 aliphatic heterocycles. The van der Waals surface area contributed by atoms with Gasteiger partial charge in [0, 0.05) is 18.0 Å². The summed E-state index contributed by atoms with van der Waals surface area (Å²) in [6.45, 7) is 4.61. The summed E-state index contributed by atoms with van der Waals surface area (Å²) in [5, 5.41) is 12.2. The van der Waals surface area contributed by atoms with Crippen LogP contribution in [0.3, 0.4) is 0 Å². The van der Waals surface area contributed by atoms with E-state index in [-0.39, 0.29) is 11.4 Å². The number of thioether (sulfide) groups is 1. The molecule has 2 aromatic rings. The third-order valence-corrected chi connectivity index (χ3v) is 3.62. The van der Waals surface area contributed by atoms with Crippen LogP contribution in [0, 0.1) is 0 Å². The maximum atomic E-state index is 12.1. The molecule has 0 aromatic carbocycles. The Hall–Kier alpha value is -1.84. The zero-order chi connectivity index (χ0) is 17.1. The van der Waals surface area contributed by atoms with Gasteiger partial charge in [0.25, 0.3) is 0 Å². The van der Waals surface area contributed by atoms with Gasteiger partial charge in [-0.25, -0.2) is 9.67 Å². The van der Waals surface area contributed by atoms with Crippen molar-refractivity contribution in [2.75, 3.05) is 6.61 Å². The van der Waals surface area contributed by atoms with E-state index in [2.05, 4.69) is 25.2 Å². The fourth-order valence-electron chi connectivity index (χ4n) is 1.58. The van der Waals surface area contributed by atoms with Crippen molar-refractivity contribution < 1.29 is 17.9 Å². The van der Waals surface area contributed by atoms with E-state index in [1.165, 1.54) is 24.0 Å². The molecule has 2 aromatic heterocycles. The first kappa shape index (κ1) is 17.5. The molecule has 0 N–H and O–H groups in total. The molecular weight excluding hydrogens is 331 g/mol. The number of rotatable bonds is 5. The normalized spacial score (nSPS) is 12.4. The van der Waals surface area contributed by atoms with Crippen LogP contribution in [0.1, 0.15) is 26.3 Å². The van der Waals surface area contributed by atoms with Gasteiger partial charge in [0.2, 0.25) is 11.0 Å². The maximum absolute atomic E-state index is 12.1. The van der Waals surface area contributed by atoms with Crippen molar-refractivity contribution in [3.05, 3.63) is 23.9 Å². The molecule has 2 rings (SSSR count). The predicted octanol–water partition coefficient (Wildman–Crippen LogP) is 3.06. The van der Waals surface area contributed by atoms with E-state index in [0.29, 0.717) is 10.9 Å².